The average Bonchev–Trinajstić information content (AvgIpc) is 2.85. The van der Waals surface area contributed by atoms with Crippen molar-refractivity contribution in [2.75, 3.05) is 5.75 Å². The number of rotatable bonds is 12. The van der Waals surface area contributed by atoms with Crippen LogP contribution in [0.15, 0.2) is 24.3 Å². The van der Waals surface area contributed by atoms with Gasteiger partial charge in [0.1, 0.15) is 0 Å². The molecule has 0 aromatic rings. The van der Waals surface area contributed by atoms with Gasteiger partial charge in [0.2, 0.25) is 0 Å². The summed E-state index contributed by atoms with van der Waals surface area (Å²) in [6, 6.07) is 0. The number of carboxylic acids is 1. The zero-order valence-corrected chi connectivity index (χ0v) is 14.6. The highest BCUT2D eigenvalue weighted by Crippen LogP contribution is 2.31. The molecule has 5 heteroatoms. The monoisotopic (exact) mass is 340 g/mol. The maximum absolute atomic E-state index is 11.9. The Morgan fingerprint density at radius 2 is 2.17 bits per heavy atom. The first-order chi connectivity index (χ1) is 11.0. The Bertz CT molecular complexity index is 431. The van der Waals surface area contributed by atoms with Crippen LogP contribution >= 0.6 is 11.8 Å². The van der Waals surface area contributed by atoms with Gasteiger partial charge in [0.15, 0.2) is 5.78 Å². The Kier molecular flexibility index (Phi) is 9.96. The van der Waals surface area contributed by atoms with Crippen LogP contribution in [-0.4, -0.2) is 39.1 Å². The van der Waals surface area contributed by atoms with E-state index in [1.165, 1.54) is 0 Å². The van der Waals surface area contributed by atoms with Crippen molar-refractivity contribution < 1.29 is 19.8 Å². The van der Waals surface area contributed by atoms with Crippen LogP contribution in [0.2, 0.25) is 0 Å². The number of hydrogen-bond acceptors (Lipinski definition) is 4. The van der Waals surface area contributed by atoms with E-state index in [-0.39, 0.29) is 29.5 Å². The molecule has 1 rings (SSSR count). The molecule has 0 saturated carbocycles. The number of carboxylic acid groups (broad SMARTS) is 1. The average molecular weight is 340 g/mol. The third kappa shape index (κ3) is 8.37. The second-order valence-corrected chi connectivity index (χ2v) is 7.17. The zero-order chi connectivity index (χ0) is 17.1. The number of allylic oxidation sites excluding steroid dienone is 3. The van der Waals surface area contributed by atoms with Crippen molar-refractivity contribution in [1.29, 1.82) is 0 Å². The van der Waals surface area contributed by atoms with Gasteiger partial charge in [-0.1, -0.05) is 44.4 Å². The van der Waals surface area contributed by atoms with Gasteiger partial charge in [0.05, 0.1) is 6.10 Å². The van der Waals surface area contributed by atoms with Gasteiger partial charge in [-0.25, -0.2) is 0 Å². The number of ketones is 1. The summed E-state index contributed by atoms with van der Waals surface area (Å²) >= 11 is 1.65. The molecular weight excluding hydrogens is 312 g/mol. The van der Waals surface area contributed by atoms with E-state index < -0.39 is 5.97 Å². The minimum Gasteiger partial charge on any atom is -0.481 e. The van der Waals surface area contributed by atoms with E-state index in [1.807, 2.05) is 18.2 Å². The Balaban J connectivity index is 2.31. The Morgan fingerprint density at radius 1 is 1.39 bits per heavy atom. The number of carbonyl (C=O) groups excluding carboxylic acids is 1. The lowest BCUT2D eigenvalue weighted by Crippen LogP contribution is -2.20. The van der Waals surface area contributed by atoms with E-state index in [0.29, 0.717) is 18.6 Å². The summed E-state index contributed by atoms with van der Waals surface area (Å²) in [5.74, 6) is -0.0980. The van der Waals surface area contributed by atoms with Crippen LogP contribution in [0.1, 0.15) is 51.9 Å². The molecule has 0 radical (unpaired) electrons. The fourth-order valence-electron chi connectivity index (χ4n) is 2.53. The fourth-order valence-corrected chi connectivity index (χ4v) is 3.81. The van der Waals surface area contributed by atoms with Crippen LogP contribution in [0.4, 0.5) is 0 Å². The van der Waals surface area contributed by atoms with E-state index in [2.05, 4.69) is 6.92 Å². The van der Waals surface area contributed by atoms with Crippen LogP contribution in [-0.2, 0) is 9.59 Å². The molecule has 23 heavy (non-hydrogen) atoms. The molecule has 0 heterocycles. The molecule has 0 aromatic heterocycles. The molecule has 0 spiro atoms. The highest BCUT2D eigenvalue weighted by molar-refractivity contribution is 8.00. The van der Waals surface area contributed by atoms with Crippen LogP contribution in [0.3, 0.4) is 0 Å². The van der Waals surface area contributed by atoms with Crippen molar-refractivity contribution in [1.82, 2.24) is 0 Å². The van der Waals surface area contributed by atoms with Crippen molar-refractivity contribution in [2.45, 2.75) is 63.2 Å². The normalized spacial score (nSPS) is 22.1. The topological polar surface area (TPSA) is 74.6 Å². The fraction of sp³-hybridized carbons (Fsp3) is 0.667. The second-order valence-electron chi connectivity index (χ2n) is 5.96. The van der Waals surface area contributed by atoms with Crippen molar-refractivity contribution in [3.05, 3.63) is 24.3 Å². The van der Waals surface area contributed by atoms with Crippen LogP contribution < -0.4 is 0 Å². The Labute approximate surface area is 143 Å². The quantitative estimate of drug-likeness (QED) is 0.419. The predicted octanol–water partition coefficient (Wildman–Crippen LogP) is 3.60. The van der Waals surface area contributed by atoms with E-state index in [0.717, 1.165) is 25.7 Å². The first-order valence-electron chi connectivity index (χ1n) is 8.43. The van der Waals surface area contributed by atoms with Crippen molar-refractivity contribution in [3.8, 4) is 0 Å². The first kappa shape index (κ1) is 20.0. The van der Waals surface area contributed by atoms with Crippen LogP contribution in [0.25, 0.3) is 0 Å². The standard InChI is InChI=1S/C18H28O4S/c1-2-3-5-8-14(19)13-23-17-12-11-16(20)15(17)9-6-4-7-10-18(21)22/h4,6,11-12,14-15,17,19H,2-3,5,7-10,13H2,1H3,(H,21,22). The molecule has 3 unspecified atom stereocenters. The molecule has 2 N–H and O–H groups in total. The molecule has 0 aliphatic heterocycles. The molecule has 0 fully saturated rings. The third-order valence-corrected chi connectivity index (χ3v) is 5.36. The van der Waals surface area contributed by atoms with Gasteiger partial charge in [0.25, 0.3) is 0 Å². The van der Waals surface area contributed by atoms with Gasteiger partial charge < -0.3 is 10.2 Å². The van der Waals surface area contributed by atoms with Gasteiger partial charge in [-0.05, 0) is 25.3 Å². The van der Waals surface area contributed by atoms with Crippen molar-refractivity contribution in [3.63, 3.8) is 0 Å². The highest BCUT2D eigenvalue weighted by Gasteiger charge is 2.29. The summed E-state index contributed by atoms with van der Waals surface area (Å²) in [5.41, 5.74) is 0. The highest BCUT2D eigenvalue weighted by atomic mass is 32.2. The van der Waals surface area contributed by atoms with Gasteiger partial charge in [0, 0.05) is 23.3 Å². The van der Waals surface area contributed by atoms with Gasteiger partial charge in [-0.15, -0.1) is 0 Å². The molecule has 1 aliphatic carbocycles. The summed E-state index contributed by atoms with van der Waals surface area (Å²) in [5, 5.41) is 18.7. The zero-order valence-electron chi connectivity index (χ0n) is 13.8. The summed E-state index contributed by atoms with van der Waals surface area (Å²) in [6.07, 6.45) is 12.4. The summed E-state index contributed by atoms with van der Waals surface area (Å²) in [6.45, 7) is 2.14. The maximum atomic E-state index is 11.9. The lowest BCUT2D eigenvalue weighted by molar-refractivity contribution is -0.136. The van der Waals surface area contributed by atoms with Crippen LogP contribution in [0, 0.1) is 5.92 Å². The molecule has 4 nitrogen and oxygen atoms in total. The number of carbonyl (C=O) groups is 2. The molecular formula is C18H28O4S. The van der Waals surface area contributed by atoms with Crippen molar-refractivity contribution >= 4 is 23.5 Å². The molecule has 1 aliphatic rings. The number of aliphatic hydroxyl groups excluding tert-OH is 1. The molecule has 130 valence electrons. The minimum atomic E-state index is -0.807. The molecule has 0 amide bonds. The molecule has 3 atom stereocenters. The summed E-state index contributed by atoms with van der Waals surface area (Å²) in [7, 11) is 0. The lowest BCUT2D eigenvalue weighted by atomic mass is 10.0. The maximum Gasteiger partial charge on any atom is 0.303 e. The molecule has 0 saturated heterocycles. The number of unbranched alkanes of at least 4 members (excludes halogenated alkanes) is 2. The third-order valence-electron chi connectivity index (χ3n) is 3.92. The Morgan fingerprint density at radius 3 is 2.87 bits per heavy atom. The largest absolute Gasteiger partial charge is 0.481 e. The molecule has 0 bridgehead atoms. The lowest BCUT2D eigenvalue weighted by Gasteiger charge is -2.18. The number of aliphatic carboxylic acids is 1. The number of thioether (sulfide) groups is 1. The van der Waals surface area contributed by atoms with E-state index in [4.69, 9.17) is 5.11 Å². The number of hydrogen-bond donors (Lipinski definition) is 2. The smallest absolute Gasteiger partial charge is 0.303 e. The SMILES string of the molecule is CCCCCC(O)CSC1C=CC(=O)C1CC=CCCC(=O)O. The molecule has 0 aromatic carbocycles. The minimum absolute atomic E-state index is 0.0797. The number of aliphatic hydroxyl groups is 1. The van der Waals surface area contributed by atoms with E-state index >= 15 is 0 Å². The first-order valence-corrected chi connectivity index (χ1v) is 9.48. The van der Waals surface area contributed by atoms with Gasteiger partial charge in [-0.2, -0.15) is 11.8 Å². The summed E-state index contributed by atoms with van der Waals surface area (Å²) < 4.78 is 0. The van der Waals surface area contributed by atoms with Crippen LogP contribution in [0.5, 0.6) is 0 Å². The Hall–Kier alpha value is -1.07. The summed E-state index contributed by atoms with van der Waals surface area (Å²) in [4.78, 5) is 22.4. The van der Waals surface area contributed by atoms with Crippen molar-refractivity contribution in [2.24, 2.45) is 5.92 Å². The van der Waals surface area contributed by atoms with Gasteiger partial charge in [-0.3, -0.25) is 9.59 Å². The predicted molar refractivity (Wildman–Crippen MR) is 94.7 cm³/mol. The van der Waals surface area contributed by atoms with E-state index in [1.54, 1.807) is 17.8 Å². The van der Waals surface area contributed by atoms with Gasteiger partial charge >= 0.3 is 5.97 Å². The van der Waals surface area contributed by atoms with E-state index in [9.17, 15) is 14.7 Å². The second kappa shape index (κ2) is 11.5.